The van der Waals surface area contributed by atoms with Crippen LogP contribution in [0.25, 0.3) is 0 Å². The minimum Gasteiger partial charge on any atom is -0.490 e. The number of benzene rings is 2. The number of H-pyrrole nitrogens is 1. The number of amides is 3. The molecule has 2 bridgehead atoms. The Bertz CT molecular complexity index is 1800. The van der Waals surface area contributed by atoms with Crippen molar-refractivity contribution in [1.29, 1.82) is 0 Å². The molecule has 3 fully saturated rings. The van der Waals surface area contributed by atoms with E-state index in [1.54, 1.807) is 17.8 Å². The van der Waals surface area contributed by atoms with E-state index in [-0.39, 0.29) is 71.1 Å². The number of nitrogens with one attached hydrogen (secondary N) is 2. The van der Waals surface area contributed by atoms with E-state index in [2.05, 4.69) is 10.3 Å². The molecule has 2 aliphatic carbocycles. The molecule has 7 atom stereocenters. The first-order valence-corrected chi connectivity index (χ1v) is 17.1. The van der Waals surface area contributed by atoms with Crippen LogP contribution in [0, 0.1) is 36.5 Å². The number of fused-ring (bicyclic) bond motifs is 9. The standard InChI is InChI=1S/C33H33N3O8S2/c1-3-43-21-12-16(8-9-20(21)44-14-22(37)34-19-7-5-4-6-15(19)2)24-25-17-13-18(28(25)45-30-29(24)46-33(42)35-30)27-26(17)31(40)36(32(27)41)11-10-23(38)39/h4-9,12,17-18,24-28H,3,10-11,13-14H2,1-2H3,(H,34,37)(H,35,42)(H,38,39)/t17?,18?,24-,25?,26?,27?,28?/m1/s1. The zero-order chi connectivity index (χ0) is 32.3. The van der Waals surface area contributed by atoms with Gasteiger partial charge in [0.15, 0.2) is 18.1 Å². The number of likely N-dealkylation sites (tertiary alicyclic amines) is 1. The minimum atomic E-state index is -1.05. The molecule has 46 heavy (non-hydrogen) atoms. The van der Waals surface area contributed by atoms with E-state index in [1.807, 2.05) is 50.2 Å². The fourth-order valence-corrected chi connectivity index (χ4v) is 10.9. The Kier molecular flexibility index (Phi) is 7.92. The minimum absolute atomic E-state index is 0.00165. The number of carboxylic acids is 1. The van der Waals surface area contributed by atoms with Crippen LogP contribution in [0.1, 0.15) is 41.7 Å². The fourth-order valence-electron chi connectivity index (χ4n) is 8.03. The van der Waals surface area contributed by atoms with Crippen molar-refractivity contribution in [3.8, 4) is 11.5 Å². The molecule has 2 aliphatic heterocycles. The van der Waals surface area contributed by atoms with E-state index in [1.165, 1.54) is 0 Å². The van der Waals surface area contributed by atoms with Crippen molar-refractivity contribution in [2.24, 2.45) is 29.6 Å². The molecule has 7 rings (SSSR count). The summed E-state index contributed by atoms with van der Waals surface area (Å²) in [7, 11) is 0. The lowest BCUT2D eigenvalue weighted by molar-refractivity contribution is -0.142. The number of imide groups is 1. The quantitative estimate of drug-likeness (QED) is 0.272. The summed E-state index contributed by atoms with van der Waals surface area (Å²) < 4.78 is 11.9. The lowest BCUT2D eigenvalue weighted by atomic mass is 9.68. The van der Waals surface area contributed by atoms with Crippen LogP contribution in [-0.4, -0.2) is 63.7 Å². The predicted molar refractivity (Wildman–Crippen MR) is 170 cm³/mol. The highest BCUT2D eigenvalue weighted by Crippen LogP contribution is 2.68. The Morgan fingerprint density at radius 3 is 2.54 bits per heavy atom. The highest BCUT2D eigenvalue weighted by atomic mass is 32.2. The summed E-state index contributed by atoms with van der Waals surface area (Å²) in [5.41, 5.74) is 2.55. The molecule has 0 radical (unpaired) electrons. The summed E-state index contributed by atoms with van der Waals surface area (Å²) in [4.78, 5) is 68.5. The second-order valence-electron chi connectivity index (χ2n) is 12.2. The van der Waals surface area contributed by atoms with E-state index in [0.717, 1.165) is 43.7 Å². The van der Waals surface area contributed by atoms with E-state index in [4.69, 9.17) is 9.47 Å². The lowest BCUT2D eigenvalue weighted by Crippen LogP contribution is -2.42. The van der Waals surface area contributed by atoms with Gasteiger partial charge in [0.05, 0.1) is 29.9 Å². The zero-order valence-electron chi connectivity index (χ0n) is 25.2. The number of aliphatic carboxylic acids is 1. The Morgan fingerprint density at radius 1 is 1.04 bits per heavy atom. The maximum Gasteiger partial charge on any atom is 0.305 e. The van der Waals surface area contributed by atoms with Gasteiger partial charge in [-0.15, -0.1) is 11.8 Å². The summed E-state index contributed by atoms with van der Waals surface area (Å²) in [5, 5.41) is 12.8. The molecule has 6 unspecified atom stereocenters. The van der Waals surface area contributed by atoms with Crippen LogP contribution in [0.4, 0.5) is 5.69 Å². The number of para-hydroxylation sites is 1. The van der Waals surface area contributed by atoms with Crippen molar-refractivity contribution < 1.29 is 33.8 Å². The zero-order valence-corrected chi connectivity index (χ0v) is 26.8. The maximum atomic E-state index is 13.6. The smallest absolute Gasteiger partial charge is 0.305 e. The Hall–Kier alpha value is -4.10. The van der Waals surface area contributed by atoms with Gasteiger partial charge in [-0.1, -0.05) is 35.6 Å². The van der Waals surface area contributed by atoms with Gasteiger partial charge < -0.3 is 24.9 Å². The normalized spacial score (nSPS) is 27.3. The van der Waals surface area contributed by atoms with Crippen LogP contribution in [0.5, 0.6) is 11.5 Å². The maximum absolute atomic E-state index is 13.6. The van der Waals surface area contributed by atoms with Crippen molar-refractivity contribution in [3.05, 3.63) is 68.1 Å². The molecule has 4 aliphatic rings. The number of carboxylic acid groups (broad SMARTS) is 1. The van der Waals surface area contributed by atoms with Gasteiger partial charge in [-0.25, -0.2) is 0 Å². The molecule has 11 nitrogen and oxygen atoms in total. The number of rotatable bonds is 10. The largest absolute Gasteiger partial charge is 0.490 e. The molecular formula is C33H33N3O8S2. The molecule has 13 heteroatoms. The van der Waals surface area contributed by atoms with E-state index < -0.39 is 17.8 Å². The molecule has 1 aromatic heterocycles. The first-order chi connectivity index (χ1) is 22.2. The van der Waals surface area contributed by atoms with E-state index >= 15 is 0 Å². The van der Waals surface area contributed by atoms with Gasteiger partial charge >= 0.3 is 10.8 Å². The average Bonchev–Trinajstić information content (AvgIpc) is 3.75. The highest BCUT2D eigenvalue weighted by molar-refractivity contribution is 8.00. The molecule has 3 N–H and O–H groups in total. The van der Waals surface area contributed by atoms with Gasteiger partial charge in [-0.2, -0.15) is 0 Å². The molecule has 2 aromatic carbocycles. The summed E-state index contributed by atoms with van der Waals surface area (Å²) in [6.45, 7) is 3.80. The van der Waals surface area contributed by atoms with Crippen molar-refractivity contribution in [3.63, 3.8) is 0 Å². The van der Waals surface area contributed by atoms with Crippen LogP contribution in [0.2, 0.25) is 0 Å². The third-order valence-corrected chi connectivity index (χ3v) is 12.4. The highest BCUT2D eigenvalue weighted by Gasteiger charge is 2.69. The number of nitrogens with zero attached hydrogens (tertiary/aromatic N) is 1. The SMILES string of the molecule is CCOc1cc([C@H]2c3sc(=O)[nH]c3SC3C4CC(C5C(=O)N(CCC(=O)O)C(=O)C45)C32)ccc1OCC(=O)Nc1ccccc1C. The van der Waals surface area contributed by atoms with Crippen LogP contribution < -0.4 is 19.7 Å². The van der Waals surface area contributed by atoms with Crippen LogP contribution in [0.3, 0.4) is 0 Å². The van der Waals surface area contributed by atoms with Gasteiger partial charge in [0.25, 0.3) is 5.91 Å². The summed E-state index contributed by atoms with van der Waals surface area (Å²) in [6, 6.07) is 13.1. The van der Waals surface area contributed by atoms with Crippen molar-refractivity contribution in [2.75, 3.05) is 25.1 Å². The summed E-state index contributed by atoms with van der Waals surface area (Å²) >= 11 is 2.75. The number of carbonyl (C=O) groups excluding carboxylic acids is 3. The van der Waals surface area contributed by atoms with Crippen molar-refractivity contribution in [1.82, 2.24) is 9.88 Å². The molecule has 3 heterocycles. The van der Waals surface area contributed by atoms with Crippen LogP contribution >= 0.6 is 23.1 Å². The molecular weight excluding hydrogens is 631 g/mol. The Labute approximate surface area is 272 Å². The average molecular weight is 664 g/mol. The number of thioether (sulfide) groups is 1. The monoisotopic (exact) mass is 663 g/mol. The van der Waals surface area contributed by atoms with Crippen molar-refractivity contribution >= 4 is 52.5 Å². The number of anilines is 1. The number of ether oxygens (including phenoxy) is 2. The number of carbonyl (C=O) groups is 4. The number of aryl methyl sites for hydroxylation is 1. The first kappa shape index (κ1) is 30.5. The van der Waals surface area contributed by atoms with Gasteiger partial charge in [-0.05, 0) is 67.3 Å². The number of aromatic nitrogens is 1. The number of hydrogen-bond donors (Lipinski definition) is 3. The molecule has 0 spiro atoms. The lowest BCUT2D eigenvalue weighted by Gasteiger charge is -2.43. The molecule has 2 saturated carbocycles. The second kappa shape index (κ2) is 11.9. The van der Waals surface area contributed by atoms with Gasteiger partial charge in [0, 0.05) is 28.3 Å². The summed E-state index contributed by atoms with van der Waals surface area (Å²) in [5.74, 6) is -2.38. The topological polar surface area (TPSA) is 155 Å². The number of hydrogen-bond acceptors (Lipinski definition) is 9. The summed E-state index contributed by atoms with van der Waals surface area (Å²) in [6.07, 6.45) is 0.449. The molecule has 1 saturated heterocycles. The van der Waals surface area contributed by atoms with E-state index in [0.29, 0.717) is 23.8 Å². The van der Waals surface area contributed by atoms with Crippen LogP contribution in [0.15, 0.2) is 52.3 Å². The molecule has 3 aromatic rings. The van der Waals surface area contributed by atoms with Gasteiger partial charge in [0.2, 0.25) is 11.8 Å². The number of thiazole rings is 1. The molecule has 3 amide bonds. The van der Waals surface area contributed by atoms with E-state index in [9.17, 15) is 29.1 Å². The third-order valence-electron chi connectivity index (χ3n) is 9.77. The molecule has 240 valence electrons. The Balaban J connectivity index is 1.18. The second-order valence-corrected chi connectivity index (χ2v) is 14.4. The predicted octanol–water partition coefficient (Wildman–Crippen LogP) is 4.11. The van der Waals surface area contributed by atoms with Gasteiger partial charge in [-0.3, -0.25) is 28.9 Å². The number of aromatic amines is 1. The Morgan fingerprint density at radius 2 is 1.80 bits per heavy atom. The first-order valence-electron chi connectivity index (χ1n) is 15.4. The van der Waals surface area contributed by atoms with Crippen LogP contribution in [-0.2, 0) is 19.2 Å². The fraction of sp³-hybridized carbons (Fsp3) is 0.424. The third kappa shape index (κ3) is 5.09. The van der Waals surface area contributed by atoms with Crippen molar-refractivity contribution in [2.45, 2.75) is 42.9 Å². The van der Waals surface area contributed by atoms with Gasteiger partial charge in [0.1, 0.15) is 0 Å².